The van der Waals surface area contributed by atoms with E-state index in [4.69, 9.17) is 0 Å². The summed E-state index contributed by atoms with van der Waals surface area (Å²) < 4.78 is 25.6. The SMILES string of the molecule is Cc1ccc(S(=O)(=O)N/N=C2/CC[C@H]3[C@@H]4CC[C@@H]5C[C@@H](O)CC[C@]5(C)[C@H]4CC[C@]23C)cc1. The number of hydrazone groups is 1. The third kappa shape index (κ3) is 3.53. The summed E-state index contributed by atoms with van der Waals surface area (Å²) in [7, 11) is -3.64. The first-order valence-electron chi connectivity index (χ1n) is 12.5. The van der Waals surface area contributed by atoms with Crippen LogP contribution in [0.4, 0.5) is 0 Å². The summed E-state index contributed by atoms with van der Waals surface area (Å²) in [6, 6.07) is 6.92. The number of rotatable bonds is 3. The molecular formula is C26H38N2O3S. The van der Waals surface area contributed by atoms with Crippen molar-refractivity contribution in [3.8, 4) is 0 Å². The number of nitrogens with one attached hydrogen (secondary N) is 1. The minimum Gasteiger partial charge on any atom is -0.393 e. The lowest BCUT2D eigenvalue weighted by Gasteiger charge is -2.60. The first-order valence-corrected chi connectivity index (χ1v) is 14.0. The van der Waals surface area contributed by atoms with E-state index < -0.39 is 10.0 Å². The highest BCUT2D eigenvalue weighted by atomic mass is 32.2. The van der Waals surface area contributed by atoms with Crippen LogP contribution in [0.15, 0.2) is 34.3 Å². The van der Waals surface area contributed by atoms with Gasteiger partial charge in [-0.2, -0.15) is 13.5 Å². The van der Waals surface area contributed by atoms with Gasteiger partial charge in [-0.1, -0.05) is 31.5 Å². The lowest BCUT2D eigenvalue weighted by Crippen LogP contribution is -2.54. The number of aryl methyl sites for hydroxylation is 1. The molecule has 0 unspecified atom stereocenters. The molecule has 4 aliphatic carbocycles. The van der Waals surface area contributed by atoms with Crippen molar-refractivity contribution >= 4 is 15.7 Å². The summed E-state index contributed by atoms with van der Waals surface area (Å²) in [4.78, 5) is 2.82. The number of benzene rings is 1. The summed E-state index contributed by atoms with van der Waals surface area (Å²) in [5, 5.41) is 14.8. The molecule has 2 N–H and O–H groups in total. The van der Waals surface area contributed by atoms with Gasteiger partial charge in [-0.3, -0.25) is 0 Å². The standard InChI is InChI=1S/C26H38N2O3S/c1-17-4-7-20(8-5-17)32(30,31)28-27-24-11-10-22-21-9-6-18-16-19(29)12-14-25(18,2)23(21)13-15-26(22,24)3/h4-5,7-8,18-19,21-23,28-29H,6,9-16H2,1-3H3/b27-24-/t18-,19+,21+,22+,23+,25+,26+/m1/s1. The quantitative estimate of drug-likeness (QED) is 0.623. The van der Waals surface area contributed by atoms with E-state index in [1.165, 1.54) is 19.3 Å². The van der Waals surface area contributed by atoms with Crippen molar-refractivity contribution in [3.63, 3.8) is 0 Å². The molecule has 32 heavy (non-hydrogen) atoms. The molecule has 0 spiro atoms. The molecule has 0 aromatic heterocycles. The average Bonchev–Trinajstić information content (AvgIpc) is 3.09. The van der Waals surface area contributed by atoms with Crippen LogP contribution in [0.1, 0.15) is 77.2 Å². The number of hydrogen-bond acceptors (Lipinski definition) is 4. The molecule has 7 atom stereocenters. The summed E-state index contributed by atoms with van der Waals surface area (Å²) in [5.41, 5.74) is 2.43. The molecule has 4 fully saturated rings. The van der Waals surface area contributed by atoms with Crippen LogP contribution in [0, 0.1) is 41.4 Å². The molecule has 6 heteroatoms. The number of hydrogen-bond donors (Lipinski definition) is 2. The summed E-state index contributed by atoms with van der Waals surface area (Å²) in [6.45, 7) is 6.78. The number of fused-ring (bicyclic) bond motifs is 5. The van der Waals surface area contributed by atoms with E-state index in [-0.39, 0.29) is 16.4 Å². The van der Waals surface area contributed by atoms with E-state index in [1.54, 1.807) is 12.1 Å². The van der Waals surface area contributed by atoms with Crippen molar-refractivity contribution < 1.29 is 13.5 Å². The van der Waals surface area contributed by atoms with Crippen molar-refractivity contribution in [1.82, 2.24) is 4.83 Å². The van der Waals surface area contributed by atoms with Gasteiger partial charge in [0.25, 0.3) is 10.0 Å². The van der Waals surface area contributed by atoms with Gasteiger partial charge in [0, 0.05) is 11.1 Å². The monoisotopic (exact) mass is 458 g/mol. The van der Waals surface area contributed by atoms with Crippen LogP contribution in [-0.2, 0) is 10.0 Å². The third-order valence-corrected chi connectivity index (χ3v) is 11.2. The predicted octanol–water partition coefficient (Wildman–Crippen LogP) is 5.03. The van der Waals surface area contributed by atoms with E-state index in [1.807, 2.05) is 19.1 Å². The first kappa shape index (κ1) is 22.4. The zero-order valence-corrected chi connectivity index (χ0v) is 20.5. The van der Waals surface area contributed by atoms with E-state index in [0.717, 1.165) is 55.7 Å². The Balaban J connectivity index is 1.35. The molecule has 176 valence electrons. The summed E-state index contributed by atoms with van der Waals surface area (Å²) in [6.07, 6.45) is 9.76. The largest absolute Gasteiger partial charge is 0.393 e. The van der Waals surface area contributed by atoms with Crippen molar-refractivity contribution in [2.75, 3.05) is 0 Å². The van der Waals surface area contributed by atoms with Crippen LogP contribution >= 0.6 is 0 Å². The van der Waals surface area contributed by atoms with E-state index in [9.17, 15) is 13.5 Å². The van der Waals surface area contributed by atoms with Gasteiger partial charge in [-0.25, -0.2) is 4.83 Å². The first-order chi connectivity index (χ1) is 15.1. The molecule has 0 aliphatic heterocycles. The van der Waals surface area contributed by atoms with Crippen molar-refractivity contribution in [2.45, 2.75) is 89.6 Å². The molecule has 1 aromatic rings. The van der Waals surface area contributed by atoms with Gasteiger partial charge in [-0.15, -0.1) is 0 Å². The average molecular weight is 459 g/mol. The second-order valence-corrected chi connectivity index (χ2v) is 13.2. The minimum atomic E-state index is -3.64. The molecule has 0 heterocycles. The molecule has 0 bridgehead atoms. The normalized spacial score (nSPS) is 42.8. The Morgan fingerprint density at radius 3 is 2.50 bits per heavy atom. The highest BCUT2D eigenvalue weighted by Gasteiger charge is 2.59. The lowest BCUT2D eigenvalue weighted by molar-refractivity contribution is -0.113. The lowest BCUT2D eigenvalue weighted by atomic mass is 9.45. The van der Waals surface area contributed by atoms with Crippen LogP contribution in [-0.4, -0.2) is 25.3 Å². The highest BCUT2D eigenvalue weighted by molar-refractivity contribution is 7.89. The summed E-state index contributed by atoms with van der Waals surface area (Å²) >= 11 is 0. The van der Waals surface area contributed by atoms with Gasteiger partial charge in [0.1, 0.15) is 0 Å². The maximum atomic E-state index is 12.8. The molecule has 1 aromatic carbocycles. The number of aliphatic hydroxyl groups is 1. The second-order valence-electron chi connectivity index (χ2n) is 11.5. The van der Waals surface area contributed by atoms with Gasteiger partial charge in [0.05, 0.1) is 11.0 Å². The molecule has 4 aliphatic rings. The van der Waals surface area contributed by atoms with Crippen molar-refractivity contribution in [1.29, 1.82) is 0 Å². The molecule has 5 nitrogen and oxygen atoms in total. The van der Waals surface area contributed by atoms with Gasteiger partial charge in [0.2, 0.25) is 0 Å². The Morgan fingerprint density at radius 1 is 1.00 bits per heavy atom. The van der Waals surface area contributed by atoms with Crippen LogP contribution in [0.5, 0.6) is 0 Å². The Bertz CT molecular complexity index is 1000. The minimum absolute atomic E-state index is 0.00562. The third-order valence-electron chi connectivity index (χ3n) is 10.0. The Labute approximate surface area is 193 Å². The topological polar surface area (TPSA) is 78.8 Å². The maximum absolute atomic E-state index is 12.8. The molecule has 0 amide bonds. The fourth-order valence-corrected chi connectivity index (χ4v) is 8.92. The van der Waals surface area contributed by atoms with Gasteiger partial charge >= 0.3 is 0 Å². The van der Waals surface area contributed by atoms with Crippen molar-refractivity contribution in [3.05, 3.63) is 29.8 Å². The van der Waals surface area contributed by atoms with Gasteiger partial charge in [0.15, 0.2) is 0 Å². The maximum Gasteiger partial charge on any atom is 0.276 e. The van der Waals surface area contributed by atoms with Crippen LogP contribution in [0.25, 0.3) is 0 Å². The van der Waals surface area contributed by atoms with Crippen LogP contribution in [0.2, 0.25) is 0 Å². The van der Waals surface area contributed by atoms with Gasteiger partial charge < -0.3 is 5.11 Å². The Hall–Kier alpha value is -1.40. The highest BCUT2D eigenvalue weighted by Crippen LogP contribution is 2.65. The second kappa shape index (κ2) is 7.83. The smallest absolute Gasteiger partial charge is 0.276 e. The predicted molar refractivity (Wildman–Crippen MR) is 127 cm³/mol. The fourth-order valence-electron chi connectivity index (χ4n) is 8.09. The van der Waals surface area contributed by atoms with E-state index >= 15 is 0 Å². The number of sulfonamides is 1. The zero-order valence-electron chi connectivity index (χ0n) is 19.7. The zero-order chi connectivity index (χ0) is 22.7. The molecule has 5 rings (SSSR count). The van der Waals surface area contributed by atoms with Crippen molar-refractivity contribution in [2.24, 2.45) is 39.6 Å². The van der Waals surface area contributed by atoms with Crippen LogP contribution in [0.3, 0.4) is 0 Å². The van der Waals surface area contributed by atoms with Crippen LogP contribution < -0.4 is 4.83 Å². The molecule has 0 radical (unpaired) electrons. The number of nitrogens with zero attached hydrogens (tertiary/aromatic N) is 1. The van der Waals surface area contributed by atoms with E-state index in [0.29, 0.717) is 23.2 Å². The fraction of sp³-hybridized carbons (Fsp3) is 0.731. The Morgan fingerprint density at radius 2 is 1.75 bits per heavy atom. The number of aliphatic hydroxyl groups excluding tert-OH is 1. The Kier molecular flexibility index (Phi) is 5.48. The molecule has 4 saturated carbocycles. The molecular weight excluding hydrogens is 420 g/mol. The molecule has 0 saturated heterocycles. The van der Waals surface area contributed by atoms with Gasteiger partial charge in [-0.05, 0) is 106 Å². The summed E-state index contributed by atoms with van der Waals surface area (Å²) in [5.74, 6) is 2.68. The van der Waals surface area contributed by atoms with E-state index in [2.05, 4.69) is 23.8 Å².